The largest absolute Gasteiger partial charge is 0.466 e. The molecular weight excluding hydrogens is 394 g/mol. The van der Waals surface area contributed by atoms with E-state index in [0.29, 0.717) is 25.2 Å². The van der Waals surface area contributed by atoms with Gasteiger partial charge < -0.3 is 15.0 Å². The smallest absolute Gasteiger partial charge is 0.305 e. The molecule has 0 bridgehead atoms. The van der Waals surface area contributed by atoms with Crippen LogP contribution in [0, 0.1) is 0 Å². The second-order valence-corrected chi connectivity index (χ2v) is 7.24. The molecule has 2 aromatic carbocycles. The van der Waals surface area contributed by atoms with Crippen molar-refractivity contribution >= 4 is 29.2 Å². The number of hydrogen-bond donors (Lipinski definition) is 1. The van der Waals surface area contributed by atoms with E-state index in [2.05, 4.69) is 10.3 Å². The Morgan fingerprint density at radius 1 is 1.03 bits per heavy atom. The lowest BCUT2D eigenvalue weighted by Gasteiger charge is -2.20. The van der Waals surface area contributed by atoms with Gasteiger partial charge in [0.15, 0.2) is 0 Å². The summed E-state index contributed by atoms with van der Waals surface area (Å²) in [6.07, 6.45) is 0.532. The average Bonchev–Trinajstić information content (AvgIpc) is 2.88. The molecule has 3 rings (SSSR count). The quantitative estimate of drug-likeness (QED) is 0.524. The van der Waals surface area contributed by atoms with Crippen LogP contribution in [-0.4, -0.2) is 43.3 Å². The minimum absolute atomic E-state index is 0.204. The van der Waals surface area contributed by atoms with E-state index in [4.69, 9.17) is 4.74 Å². The molecule has 1 atom stereocenters. The number of para-hydroxylation sites is 1. The third-order valence-electron chi connectivity index (χ3n) is 5.03. The number of carbonyl (C=O) groups is 3. The predicted octanol–water partition coefficient (Wildman–Crippen LogP) is 3.07. The van der Waals surface area contributed by atoms with Gasteiger partial charge in [-0.3, -0.25) is 14.4 Å². The Bertz CT molecular complexity index is 972. The Balaban J connectivity index is 1.76. The van der Waals surface area contributed by atoms with Crippen molar-refractivity contribution in [3.63, 3.8) is 0 Å². The van der Waals surface area contributed by atoms with Gasteiger partial charge in [-0.2, -0.15) is 0 Å². The molecule has 0 radical (unpaired) electrons. The Morgan fingerprint density at radius 2 is 1.71 bits per heavy atom. The zero-order chi connectivity index (χ0) is 22.2. The maximum Gasteiger partial charge on any atom is 0.305 e. The fourth-order valence-electron chi connectivity index (χ4n) is 3.46. The lowest BCUT2D eigenvalue weighted by molar-refractivity contribution is -0.143. The van der Waals surface area contributed by atoms with Crippen molar-refractivity contribution in [1.82, 2.24) is 5.32 Å². The Hall–Kier alpha value is -3.48. The number of hydrogen-bond acceptors (Lipinski definition) is 5. The maximum atomic E-state index is 13.1. The summed E-state index contributed by atoms with van der Waals surface area (Å²) in [5.41, 5.74) is 3.09. The summed E-state index contributed by atoms with van der Waals surface area (Å²) < 4.78 is 4.89. The Labute approximate surface area is 182 Å². The number of amides is 2. The first-order valence-corrected chi connectivity index (χ1v) is 10.5. The van der Waals surface area contributed by atoms with Crippen molar-refractivity contribution in [3.05, 3.63) is 65.7 Å². The van der Waals surface area contributed by atoms with E-state index in [1.807, 2.05) is 54.6 Å². The molecule has 0 aliphatic carbocycles. The lowest BCUT2D eigenvalue weighted by Crippen LogP contribution is -2.46. The minimum atomic E-state index is -1.02. The fourth-order valence-corrected chi connectivity index (χ4v) is 3.46. The van der Waals surface area contributed by atoms with Gasteiger partial charge in [0.25, 0.3) is 5.91 Å². The van der Waals surface area contributed by atoms with Crippen molar-refractivity contribution in [2.75, 3.05) is 18.6 Å². The molecule has 1 unspecified atom stereocenters. The molecule has 1 N–H and O–H groups in total. The molecule has 0 aromatic heterocycles. The van der Waals surface area contributed by atoms with Crippen LogP contribution in [0.5, 0.6) is 0 Å². The van der Waals surface area contributed by atoms with Gasteiger partial charge in [-0.25, -0.2) is 4.99 Å². The number of benzodiazepines with no additional fused rings is 1. The number of ether oxygens (including phenoxy) is 1. The third kappa shape index (κ3) is 5.57. The first-order valence-electron chi connectivity index (χ1n) is 10.5. The van der Waals surface area contributed by atoms with Gasteiger partial charge in [0.2, 0.25) is 12.1 Å². The van der Waals surface area contributed by atoms with Crippen molar-refractivity contribution < 1.29 is 19.1 Å². The predicted molar refractivity (Wildman–Crippen MR) is 119 cm³/mol. The average molecular weight is 421 g/mol. The molecule has 0 saturated heterocycles. The van der Waals surface area contributed by atoms with Gasteiger partial charge in [0.1, 0.15) is 0 Å². The molecule has 162 valence electrons. The summed E-state index contributed by atoms with van der Waals surface area (Å²) in [6.45, 7) is 2.11. The van der Waals surface area contributed by atoms with E-state index in [-0.39, 0.29) is 30.6 Å². The number of carbonyl (C=O) groups excluding carboxylic acids is 3. The summed E-state index contributed by atoms with van der Waals surface area (Å²) in [7, 11) is 1.68. The summed E-state index contributed by atoms with van der Waals surface area (Å²) in [5, 5.41) is 2.75. The summed E-state index contributed by atoms with van der Waals surface area (Å²) in [5.74, 6) is -0.852. The Morgan fingerprint density at radius 3 is 2.45 bits per heavy atom. The number of likely N-dealkylation sites (N-methyl/N-ethyl adjacent to an activating group) is 1. The van der Waals surface area contributed by atoms with Crippen LogP contribution in [0.3, 0.4) is 0 Å². The minimum Gasteiger partial charge on any atom is -0.466 e. The summed E-state index contributed by atoms with van der Waals surface area (Å²) in [6, 6.07) is 17.2. The SMILES string of the molecule is CCOC(=O)CCCCC(=O)NC1N=C(c2ccccc2)c2ccccc2N(C)C1=O. The standard InChI is InChI=1S/C24H27N3O4/c1-3-31-21(29)16-10-9-15-20(28)25-23-24(30)27(2)19-14-8-7-13-18(19)22(26-23)17-11-5-4-6-12-17/h4-8,11-14,23H,3,9-10,15-16H2,1-2H3,(H,25,28). The second-order valence-electron chi connectivity index (χ2n) is 7.24. The first-order chi connectivity index (χ1) is 15.0. The number of nitrogens with zero attached hydrogens (tertiary/aromatic N) is 2. The topological polar surface area (TPSA) is 88.1 Å². The van der Waals surface area contributed by atoms with E-state index in [0.717, 1.165) is 16.8 Å². The van der Waals surface area contributed by atoms with Gasteiger partial charge in [-0.05, 0) is 25.8 Å². The van der Waals surface area contributed by atoms with Crippen LogP contribution in [0.4, 0.5) is 5.69 Å². The highest BCUT2D eigenvalue weighted by Gasteiger charge is 2.30. The maximum absolute atomic E-state index is 13.1. The highest BCUT2D eigenvalue weighted by molar-refractivity contribution is 6.20. The van der Waals surface area contributed by atoms with E-state index in [9.17, 15) is 14.4 Å². The number of anilines is 1. The zero-order valence-corrected chi connectivity index (χ0v) is 17.8. The van der Waals surface area contributed by atoms with Crippen molar-refractivity contribution in [3.8, 4) is 0 Å². The first kappa shape index (κ1) is 22.2. The number of nitrogens with one attached hydrogen (secondary N) is 1. The molecule has 31 heavy (non-hydrogen) atoms. The second kappa shape index (κ2) is 10.5. The van der Waals surface area contributed by atoms with Crippen LogP contribution in [0.2, 0.25) is 0 Å². The zero-order valence-electron chi connectivity index (χ0n) is 17.8. The van der Waals surface area contributed by atoms with Crippen molar-refractivity contribution in [2.24, 2.45) is 4.99 Å². The number of esters is 1. The molecule has 2 aromatic rings. The molecule has 1 aliphatic heterocycles. The van der Waals surface area contributed by atoms with Crippen molar-refractivity contribution in [2.45, 2.75) is 38.8 Å². The molecule has 7 nitrogen and oxygen atoms in total. The number of benzene rings is 2. The molecule has 0 fully saturated rings. The lowest BCUT2D eigenvalue weighted by atomic mass is 10.0. The van der Waals surface area contributed by atoms with Gasteiger partial charge in [-0.15, -0.1) is 0 Å². The van der Waals surface area contributed by atoms with E-state index in [1.54, 1.807) is 14.0 Å². The molecule has 0 spiro atoms. The van der Waals surface area contributed by atoms with Crippen LogP contribution in [0.25, 0.3) is 0 Å². The molecule has 2 amide bonds. The van der Waals surface area contributed by atoms with Gasteiger partial charge >= 0.3 is 5.97 Å². The van der Waals surface area contributed by atoms with E-state index >= 15 is 0 Å². The normalized spacial score (nSPS) is 15.5. The van der Waals surface area contributed by atoms with Gasteiger partial charge in [0, 0.05) is 31.0 Å². The Kier molecular flexibility index (Phi) is 7.54. The van der Waals surface area contributed by atoms with Crippen LogP contribution >= 0.6 is 0 Å². The monoisotopic (exact) mass is 421 g/mol. The molecule has 1 aliphatic rings. The number of rotatable bonds is 8. The molecule has 0 saturated carbocycles. The highest BCUT2D eigenvalue weighted by Crippen LogP contribution is 2.27. The van der Waals surface area contributed by atoms with E-state index < -0.39 is 6.17 Å². The van der Waals surface area contributed by atoms with Crippen LogP contribution in [0.1, 0.15) is 43.7 Å². The van der Waals surface area contributed by atoms with Crippen LogP contribution < -0.4 is 10.2 Å². The summed E-state index contributed by atoms with van der Waals surface area (Å²) in [4.78, 5) is 43.1. The highest BCUT2D eigenvalue weighted by atomic mass is 16.5. The third-order valence-corrected chi connectivity index (χ3v) is 5.03. The van der Waals surface area contributed by atoms with Crippen LogP contribution in [0.15, 0.2) is 59.6 Å². The molecular formula is C24H27N3O4. The number of fused-ring (bicyclic) bond motifs is 1. The molecule has 7 heteroatoms. The number of unbranched alkanes of at least 4 members (excludes halogenated alkanes) is 1. The van der Waals surface area contributed by atoms with E-state index in [1.165, 1.54) is 4.90 Å². The van der Waals surface area contributed by atoms with Crippen LogP contribution in [-0.2, 0) is 19.1 Å². The number of aliphatic imine (C=N–C) groups is 1. The summed E-state index contributed by atoms with van der Waals surface area (Å²) >= 11 is 0. The van der Waals surface area contributed by atoms with Gasteiger partial charge in [0.05, 0.1) is 18.0 Å². The van der Waals surface area contributed by atoms with Gasteiger partial charge in [-0.1, -0.05) is 48.5 Å². The fraction of sp³-hybridized carbons (Fsp3) is 0.333. The molecule has 1 heterocycles. The van der Waals surface area contributed by atoms with Crippen molar-refractivity contribution in [1.29, 1.82) is 0 Å².